The third-order valence-corrected chi connectivity index (χ3v) is 2.34. The molecule has 4 nitrogen and oxygen atoms in total. The van der Waals surface area contributed by atoms with Crippen LogP contribution in [-0.2, 0) is 9.53 Å². The lowest BCUT2D eigenvalue weighted by Gasteiger charge is -2.25. The van der Waals surface area contributed by atoms with E-state index in [1.807, 2.05) is 0 Å². The van der Waals surface area contributed by atoms with Gasteiger partial charge in [0.25, 0.3) is 0 Å². The van der Waals surface area contributed by atoms with Crippen LogP contribution in [0.4, 0.5) is 0 Å². The van der Waals surface area contributed by atoms with Crippen LogP contribution in [0.5, 0.6) is 0 Å². The maximum atomic E-state index is 11.7. The molecule has 5 heteroatoms. The van der Waals surface area contributed by atoms with Crippen LogP contribution in [0.1, 0.15) is 20.3 Å². The zero-order chi connectivity index (χ0) is 10.6. The Morgan fingerprint density at radius 1 is 1.60 bits per heavy atom. The van der Waals surface area contributed by atoms with Crippen LogP contribution in [0.15, 0.2) is 0 Å². The first kappa shape index (κ1) is 14.8. The van der Waals surface area contributed by atoms with Gasteiger partial charge in [0, 0.05) is 13.1 Å². The highest BCUT2D eigenvalue weighted by molar-refractivity contribution is 5.88. The van der Waals surface area contributed by atoms with Crippen LogP contribution in [0, 0.1) is 5.92 Å². The summed E-state index contributed by atoms with van der Waals surface area (Å²) in [6.07, 6.45) is 0.399. The summed E-state index contributed by atoms with van der Waals surface area (Å²) in [5.41, 5.74) is 5.79. The van der Waals surface area contributed by atoms with Crippen LogP contribution in [0.25, 0.3) is 0 Å². The first-order valence-electron chi connectivity index (χ1n) is 5.23. The van der Waals surface area contributed by atoms with Crippen molar-refractivity contribution in [2.45, 2.75) is 32.4 Å². The monoisotopic (exact) mass is 236 g/mol. The van der Waals surface area contributed by atoms with Gasteiger partial charge in [-0.1, -0.05) is 13.8 Å². The summed E-state index contributed by atoms with van der Waals surface area (Å²) < 4.78 is 5.35. The first-order valence-corrected chi connectivity index (χ1v) is 5.23. The second-order valence-electron chi connectivity index (χ2n) is 4.20. The molecule has 2 atom stereocenters. The van der Waals surface area contributed by atoms with E-state index in [2.05, 4.69) is 19.2 Å². The molecule has 0 saturated carbocycles. The molecule has 1 heterocycles. The molecule has 1 aliphatic rings. The highest BCUT2D eigenvalue weighted by atomic mass is 35.5. The van der Waals surface area contributed by atoms with Crippen molar-refractivity contribution in [1.82, 2.24) is 5.32 Å². The SMILES string of the molecule is CC(C)CC(N)C(=O)C1CNCCO1.Cl. The maximum absolute atomic E-state index is 11.7. The van der Waals surface area contributed by atoms with Gasteiger partial charge in [-0.25, -0.2) is 0 Å². The summed E-state index contributed by atoms with van der Waals surface area (Å²) in [7, 11) is 0. The van der Waals surface area contributed by atoms with E-state index in [0.717, 1.165) is 13.0 Å². The number of morpholine rings is 1. The van der Waals surface area contributed by atoms with Gasteiger partial charge in [-0.3, -0.25) is 4.79 Å². The predicted molar refractivity (Wildman–Crippen MR) is 62.3 cm³/mol. The Morgan fingerprint density at radius 2 is 2.27 bits per heavy atom. The molecule has 0 aromatic heterocycles. The summed E-state index contributed by atoms with van der Waals surface area (Å²) in [5, 5.41) is 3.12. The molecule has 1 rings (SSSR count). The number of nitrogens with one attached hydrogen (secondary N) is 1. The number of halogens is 1. The smallest absolute Gasteiger partial charge is 0.179 e. The molecular formula is C10H21ClN2O2. The lowest BCUT2D eigenvalue weighted by Crippen LogP contribution is -2.49. The Kier molecular flexibility index (Phi) is 7.09. The van der Waals surface area contributed by atoms with Crippen LogP contribution in [0.2, 0.25) is 0 Å². The number of hydrogen-bond acceptors (Lipinski definition) is 4. The predicted octanol–water partition coefficient (Wildman–Crippen LogP) is 0.339. The van der Waals surface area contributed by atoms with E-state index in [-0.39, 0.29) is 30.3 Å². The molecule has 15 heavy (non-hydrogen) atoms. The minimum Gasteiger partial charge on any atom is -0.368 e. The van der Waals surface area contributed by atoms with E-state index in [1.54, 1.807) is 0 Å². The number of rotatable bonds is 4. The number of ether oxygens (including phenoxy) is 1. The van der Waals surface area contributed by atoms with Crippen molar-refractivity contribution in [2.24, 2.45) is 11.7 Å². The standard InChI is InChI=1S/C10H20N2O2.ClH/c1-7(2)5-8(11)10(13)9-6-12-3-4-14-9;/h7-9,12H,3-6,11H2,1-2H3;1H. The first-order chi connectivity index (χ1) is 6.61. The van der Waals surface area contributed by atoms with Crippen molar-refractivity contribution >= 4 is 18.2 Å². The van der Waals surface area contributed by atoms with E-state index in [1.165, 1.54) is 0 Å². The van der Waals surface area contributed by atoms with Crippen molar-refractivity contribution in [3.63, 3.8) is 0 Å². The molecule has 0 aromatic rings. The van der Waals surface area contributed by atoms with E-state index < -0.39 is 0 Å². The second kappa shape index (κ2) is 7.17. The number of hydrogen-bond donors (Lipinski definition) is 2. The number of nitrogens with two attached hydrogens (primary N) is 1. The van der Waals surface area contributed by atoms with Gasteiger partial charge in [0.1, 0.15) is 6.10 Å². The minimum atomic E-state index is -0.375. The van der Waals surface area contributed by atoms with Gasteiger partial charge in [0.2, 0.25) is 0 Å². The Balaban J connectivity index is 0.00000196. The van der Waals surface area contributed by atoms with Gasteiger partial charge in [-0.15, -0.1) is 12.4 Å². The minimum absolute atomic E-state index is 0. The molecular weight excluding hydrogens is 216 g/mol. The fourth-order valence-electron chi connectivity index (χ4n) is 1.61. The average Bonchev–Trinajstić information content (AvgIpc) is 2.17. The zero-order valence-corrected chi connectivity index (χ0v) is 10.2. The number of carbonyl (C=O) groups is 1. The molecule has 0 aliphatic carbocycles. The van der Waals surface area contributed by atoms with Crippen LogP contribution >= 0.6 is 12.4 Å². The lowest BCUT2D eigenvalue weighted by atomic mass is 9.98. The summed E-state index contributed by atoms with van der Waals surface area (Å²) in [6, 6.07) is -0.375. The van der Waals surface area contributed by atoms with Crippen molar-refractivity contribution < 1.29 is 9.53 Å². The van der Waals surface area contributed by atoms with Crippen molar-refractivity contribution in [3.8, 4) is 0 Å². The number of Topliss-reactive ketones (excluding diaryl/α,β-unsaturated/α-hetero) is 1. The summed E-state index contributed by atoms with van der Waals surface area (Å²) in [6.45, 7) is 6.15. The molecule has 0 spiro atoms. The Labute approximate surface area is 97.3 Å². The topological polar surface area (TPSA) is 64.4 Å². The Bertz CT molecular complexity index is 194. The quantitative estimate of drug-likeness (QED) is 0.739. The molecule has 0 aromatic carbocycles. The Morgan fingerprint density at radius 3 is 2.73 bits per heavy atom. The summed E-state index contributed by atoms with van der Waals surface area (Å²) in [5.74, 6) is 0.483. The molecule has 1 fully saturated rings. The lowest BCUT2D eigenvalue weighted by molar-refractivity contribution is -0.133. The second-order valence-corrected chi connectivity index (χ2v) is 4.20. The van der Waals surface area contributed by atoms with Crippen molar-refractivity contribution in [2.75, 3.05) is 19.7 Å². The van der Waals surface area contributed by atoms with E-state index in [4.69, 9.17) is 10.5 Å². The third-order valence-electron chi connectivity index (χ3n) is 2.34. The molecule has 2 unspecified atom stereocenters. The van der Waals surface area contributed by atoms with Gasteiger partial charge < -0.3 is 15.8 Å². The van der Waals surface area contributed by atoms with Gasteiger partial charge in [-0.05, 0) is 12.3 Å². The van der Waals surface area contributed by atoms with E-state index >= 15 is 0 Å². The highest BCUT2D eigenvalue weighted by Crippen LogP contribution is 2.07. The molecule has 90 valence electrons. The number of carbonyl (C=O) groups excluding carboxylic acids is 1. The normalized spacial score (nSPS) is 23.3. The average molecular weight is 237 g/mol. The van der Waals surface area contributed by atoms with Gasteiger partial charge in [0.15, 0.2) is 5.78 Å². The highest BCUT2D eigenvalue weighted by Gasteiger charge is 2.26. The zero-order valence-electron chi connectivity index (χ0n) is 9.36. The van der Waals surface area contributed by atoms with Crippen LogP contribution in [0.3, 0.4) is 0 Å². The molecule has 0 bridgehead atoms. The largest absolute Gasteiger partial charge is 0.368 e. The fourth-order valence-corrected chi connectivity index (χ4v) is 1.61. The fraction of sp³-hybridized carbons (Fsp3) is 0.900. The maximum Gasteiger partial charge on any atom is 0.179 e. The molecule has 1 aliphatic heterocycles. The molecule has 3 N–H and O–H groups in total. The Hall–Kier alpha value is -0.160. The van der Waals surface area contributed by atoms with Crippen LogP contribution in [-0.4, -0.2) is 37.6 Å². The van der Waals surface area contributed by atoms with Crippen LogP contribution < -0.4 is 11.1 Å². The third kappa shape index (κ3) is 4.93. The summed E-state index contributed by atoms with van der Waals surface area (Å²) in [4.78, 5) is 11.7. The van der Waals surface area contributed by atoms with Crippen molar-refractivity contribution in [1.29, 1.82) is 0 Å². The molecule has 0 radical (unpaired) electrons. The molecule has 1 saturated heterocycles. The van der Waals surface area contributed by atoms with Gasteiger partial charge >= 0.3 is 0 Å². The van der Waals surface area contributed by atoms with E-state index in [9.17, 15) is 4.79 Å². The van der Waals surface area contributed by atoms with Gasteiger partial charge in [0.05, 0.1) is 12.6 Å². The number of ketones is 1. The van der Waals surface area contributed by atoms with Crippen molar-refractivity contribution in [3.05, 3.63) is 0 Å². The summed E-state index contributed by atoms with van der Waals surface area (Å²) >= 11 is 0. The van der Waals surface area contributed by atoms with Gasteiger partial charge in [-0.2, -0.15) is 0 Å². The van der Waals surface area contributed by atoms with E-state index in [0.29, 0.717) is 19.1 Å². The molecule has 0 amide bonds.